The van der Waals surface area contributed by atoms with E-state index >= 15 is 0 Å². The van der Waals surface area contributed by atoms with Crippen molar-refractivity contribution in [3.63, 3.8) is 0 Å². The molecule has 0 saturated heterocycles. The first-order valence-electron chi connectivity index (χ1n) is 8.20. The van der Waals surface area contributed by atoms with Gasteiger partial charge in [0.15, 0.2) is 0 Å². The van der Waals surface area contributed by atoms with E-state index in [-0.39, 0.29) is 18.8 Å². The van der Waals surface area contributed by atoms with Gasteiger partial charge in [0, 0.05) is 23.7 Å². The topological polar surface area (TPSA) is 101 Å². The van der Waals surface area contributed by atoms with Crippen LogP contribution < -0.4 is 11.1 Å². The molecule has 1 heterocycles. The van der Waals surface area contributed by atoms with Crippen LogP contribution >= 0.6 is 12.4 Å². The van der Waals surface area contributed by atoms with E-state index in [0.717, 1.165) is 11.1 Å². The standard InChI is InChI=1S/C20H20N4O2.ClH/c1-20(26,12-14-5-3-2-4-6-14)19(25)24-18-11-17(22-13-23-18)15-7-9-16(21)10-8-15;/h2-11,13,26H,12,21H2,1H3,(H,22,23,24,25);1H. The van der Waals surface area contributed by atoms with Gasteiger partial charge in [-0.2, -0.15) is 0 Å². The second-order valence-electron chi connectivity index (χ2n) is 6.30. The third-order valence-corrected chi connectivity index (χ3v) is 4.00. The molecule has 1 unspecified atom stereocenters. The van der Waals surface area contributed by atoms with Crippen molar-refractivity contribution >= 4 is 29.8 Å². The lowest BCUT2D eigenvalue weighted by atomic mass is 9.95. The molecule has 1 aromatic heterocycles. The van der Waals surface area contributed by atoms with Gasteiger partial charge >= 0.3 is 0 Å². The van der Waals surface area contributed by atoms with Gasteiger partial charge < -0.3 is 16.2 Å². The van der Waals surface area contributed by atoms with Gasteiger partial charge in [-0.3, -0.25) is 4.79 Å². The van der Waals surface area contributed by atoms with Gasteiger partial charge in [-0.05, 0) is 24.6 Å². The highest BCUT2D eigenvalue weighted by Gasteiger charge is 2.30. The molecule has 3 aromatic rings. The number of aromatic nitrogens is 2. The highest BCUT2D eigenvalue weighted by Crippen LogP contribution is 2.21. The van der Waals surface area contributed by atoms with Crippen molar-refractivity contribution in [2.75, 3.05) is 11.1 Å². The molecule has 0 aliphatic carbocycles. The van der Waals surface area contributed by atoms with Crippen molar-refractivity contribution in [3.05, 3.63) is 72.6 Å². The Labute approximate surface area is 163 Å². The Kier molecular flexibility index (Phi) is 6.50. The fourth-order valence-corrected chi connectivity index (χ4v) is 2.56. The van der Waals surface area contributed by atoms with E-state index in [1.54, 1.807) is 18.2 Å². The molecule has 27 heavy (non-hydrogen) atoms. The molecule has 3 rings (SSSR count). The fraction of sp³-hybridized carbons (Fsp3) is 0.150. The minimum atomic E-state index is -1.56. The van der Waals surface area contributed by atoms with Crippen LogP contribution in [0.1, 0.15) is 12.5 Å². The van der Waals surface area contributed by atoms with E-state index in [2.05, 4.69) is 15.3 Å². The molecule has 0 saturated carbocycles. The normalized spacial score (nSPS) is 12.5. The number of nitrogens with one attached hydrogen (secondary N) is 1. The van der Waals surface area contributed by atoms with Crippen molar-refractivity contribution in [3.8, 4) is 11.3 Å². The summed E-state index contributed by atoms with van der Waals surface area (Å²) in [6, 6.07) is 18.3. The van der Waals surface area contributed by atoms with Crippen LogP contribution in [-0.2, 0) is 11.2 Å². The maximum atomic E-state index is 12.5. The number of nitrogen functional groups attached to an aromatic ring is 1. The third kappa shape index (κ3) is 5.26. The van der Waals surface area contributed by atoms with Crippen LogP contribution in [0.2, 0.25) is 0 Å². The number of benzene rings is 2. The van der Waals surface area contributed by atoms with Crippen LogP contribution in [0, 0.1) is 0 Å². The minimum Gasteiger partial charge on any atom is -0.399 e. The number of carbonyl (C=O) groups is 1. The van der Waals surface area contributed by atoms with Gasteiger partial charge in [-0.15, -0.1) is 12.4 Å². The first kappa shape index (κ1) is 20.4. The molecule has 0 aliphatic heterocycles. The average Bonchev–Trinajstić information content (AvgIpc) is 2.63. The molecular weight excluding hydrogens is 364 g/mol. The molecule has 140 valence electrons. The SMILES string of the molecule is CC(O)(Cc1ccccc1)C(=O)Nc1cc(-c2ccc(N)cc2)ncn1.Cl. The second kappa shape index (κ2) is 8.62. The summed E-state index contributed by atoms with van der Waals surface area (Å²) in [5.41, 5.74) is 7.17. The Balaban J connectivity index is 0.00000261. The number of rotatable bonds is 5. The molecule has 0 fully saturated rings. The summed E-state index contributed by atoms with van der Waals surface area (Å²) in [7, 11) is 0. The van der Waals surface area contributed by atoms with Crippen LogP contribution in [0.4, 0.5) is 11.5 Å². The van der Waals surface area contributed by atoms with Crippen LogP contribution in [0.15, 0.2) is 67.0 Å². The number of hydrogen-bond acceptors (Lipinski definition) is 5. The zero-order valence-corrected chi connectivity index (χ0v) is 15.6. The molecule has 0 bridgehead atoms. The minimum absolute atomic E-state index is 0. The number of nitrogens with two attached hydrogens (primary N) is 1. The Morgan fingerprint density at radius 1 is 1.11 bits per heavy atom. The summed E-state index contributed by atoms with van der Waals surface area (Å²) in [6.45, 7) is 1.48. The first-order valence-corrected chi connectivity index (χ1v) is 8.20. The van der Waals surface area contributed by atoms with E-state index < -0.39 is 11.5 Å². The molecule has 7 heteroatoms. The van der Waals surface area contributed by atoms with E-state index in [1.165, 1.54) is 13.3 Å². The highest BCUT2D eigenvalue weighted by atomic mass is 35.5. The Morgan fingerprint density at radius 3 is 2.44 bits per heavy atom. The van der Waals surface area contributed by atoms with E-state index in [1.807, 2.05) is 42.5 Å². The highest BCUT2D eigenvalue weighted by molar-refractivity contribution is 5.96. The average molecular weight is 385 g/mol. The largest absolute Gasteiger partial charge is 0.399 e. The van der Waals surface area contributed by atoms with Gasteiger partial charge in [0.2, 0.25) is 0 Å². The smallest absolute Gasteiger partial charge is 0.257 e. The van der Waals surface area contributed by atoms with Crippen LogP contribution in [0.3, 0.4) is 0 Å². The summed E-state index contributed by atoms with van der Waals surface area (Å²) in [5.74, 6) is -0.200. The Morgan fingerprint density at radius 2 is 1.78 bits per heavy atom. The number of nitrogens with zero attached hydrogens (tertiary/aromatic N) is 2. The number of halogens is 1. The van der Waals surface area contributed by atoms with E-state index in [0.29, 0.717) is 17.2 Å². The monoisotopic (exact) mass is 384 g/mol. The number of anilines is 2. The number of hydrogen-bond donors (Lipinski definition) is 3. The van der Waals surface area contributed by atoms with Crippen LogP contribution in [0.5, 0.6) is 0 Å². The molecule has 1 amide bonds. The van der Waals surface area contributed by atoms with E-state index in [9.17, 15) is 9.90 Å². The molecule has 2 aromatic carbocycles. The van der Waals surface area contributed by atoms with Gasteiger partial charge in [0.25, 0.3) is 5.91 Å². The molecule has 0 aliphatic rings. The zero-order chi connectivity index (χ0) is 18.6. The predicted octanol–water partition coefficient (Wildman–Crippen LogP) is 3.08. The zero-order valence-electron chi connectivity index (χ0n) is 14.8. The number of amides is 1. The van der Waals surface area contributed by atoms with Crippen molar-refractivity contribution in [2.24, 2.45) is 0 Å². The molecule has 0 radical (unpaired) electrons. The lowest BCUT2D eigenvalue weighted by molar-refractivity contribution is -0.132. The molecule has 6 nitrogen and oxygen atoms in total. The molecule has 0 spiro atoms. The Bertz CT molecular complexity index is 899. The maximum Gasteiger partial charge on any atom is 0.257 e. The van der Waals surface area contributed by atoms with Gasteiger partial charge in [-0.25, -0.2) is 9.97 Å². The van der Waals surface area contributed by atoms with Crippen LogP contribution in [0.25, 0.3) is 11.3 Å². The summed E-state index contributed by atoms with van der Waals surface area (Å²) in [4.78, 5) is 20.8. The predicted molar refractivity (Wildman–Crippen MR) is 109 cm³/mol. The third-order valence-electron chi connectivity index (χ3n) is 4.00. The summed E-state index contributed by atoms with van der Waals surface area (Å²) >= 11 is 0. The molecule has 1 atom stereocenters. The van der Waals surface area contributed by atoms with Crippen LogP contribution in [-0.4, -0.2) is 26.6 Å². The van der Waals surface area contributed by atoms with Gasteiger partial charge in [0.05, 0.1) is 5.69 Å². The number of aliphatic hydroxyl groups is 1. The fourth-order valence-electron chi connectivity index (χ4n) is 2.56. The summed E-state index contributed by atoms with van der Waals surface area (Å²) in [5, 5.41) is 13.2. The molecule has 4 N–H and O–H groups in total. The van der Waals surface area contributed by atoms with Gasteiger partial charge in [0.1, 0.15) is 17.7 Å². The van der Waals surface area contributed by atoms with E-state index in [4.69, 9.17) is 5.73 Å². The summed E-state index contributed by atoms with van der Waals surface area (Å²) in [6.07, 6.45) is 1.57. The van der Waals surface area contributed by atoms with Gasteiger partial charge in [-0.1, -0.05) is 42.5 Å². The first-order chi connectivity index (χ1) is 12.4. The maximum absolute atomic E-state index is 12.5. The Hall–Kier alpha value is -2.96. The number of carbonyl (C=O) groups excluding carboxylic acids is 1. The lowest BCUT2D eigenvalue weighted by Gasteiger charge is -2.22. The second-order valence-corrected chi connectivity index (χ2v) is 6.30. The van der Waals surface area contributed by atoms with Crippen molar-refractivity contribution in [1.29, 1.82) is 0 Å². The quantitative estimate of drug-likeness (QED) is 0.587. The van der Waals surface area contributed by atoms with Crippen molar-refractivity contribution in [2.45, 2.75) is 18.9 Å². The van der Waals surface area contributed by atoms with Crippen molar-refractivity contribution in [1.82, 2.24) is 9.97 Å². The van der Waals surface area contributed by atoms with Crippen molar-refractivity contribution < 1.29 is 9.90 Å². The lowest BCUT2D eigenvalue weighted by Crippen LogP contribution is -2.42. The molecular formula is C20H21ClN4O2. The summed E-state index contributed by atoms with van der Waals surface area (Å²) < 4.78 is 0.